The van der Waals surface area contributed by atoms with Gasteiger partial charge in [0.2, 0.25) is 5.91 Å². The van der Waals surface area contributed by atoms with Crippen LogP contribution in [0.5, 0.6) is 0 Å². The van der Waals surface area contributed by atoms with E-state index in [1.54, 1.807) is 12.5 Å². The first kappa shape index (κ1) is 20.4. The lowest BCUT2D eigenvalue weighted by Gasteiger charge is -2.26. The maximum Gasteiger partial charge on any atom is 0.222 e. The molecule has 0 aliphatic carbocycles. The van der Waals surface area contributed by atoms with Crippen molar-refractivity contribution in [2.24, 2.45) is 0 Å². The minimum absolute atomic E-state index is 0.0243. The normalized spacial score (nSPS) is 13.1. The summed E-state index contributed by atoms with van der Waals surface area (Å²) in [5.41, 5.74) is 2.31. The van der Waals surface area contributed by atoms with Crippen LogP contribution in [0.15, 0.2) is 67.3 Å². The third kappa shape index (κ3) is 5.85. The van der Waals surface area contributed by atoms with E-state index in [4.69, 9.17) is 23.2 Å². The Labute approximate surface area is 175 Å². The van der Waals surface area contributed by atoms with Crippen molar-refractivity contribution in [3.8, 4) is 0 Å². The van der Waals surface area contributed by atoms with Gasteiger partial charge < -0.3 is 9.88 Å². The van der Waals surface area contributed by atoms with Gasteiger partial charge in [0.25, 0.3) is 0 Å². The molecule has 0 aliphatic heterocycles. The summed E-state index contributed by atoms with van der Waals surface area (Å²) in [7, 11) is 0. The van der Waals surface area contributed by atoms with Gasteiger partial charge in [-0.25, -0.2) is 4.98 Å². The van der Waals surface area contributed by atoms with E-state index in [0.29, 0.717) is 23.0 Å². The quantitative estimate of drug-likeness (QED) is 0.555. The van der Waals surface area contributed by atoms with Gasteiger partial charge in [0.1, 0.15) is 0 Å². The topological polar surface area (TPSA) is 46.9 Å². The van der Waals surface area contributed by atoms with E-state index in [1.165, 1.54) is 5.56 Å². The van der Waals surface area contributed by atoms with E-state index in [9.17, 15) is 4.79 Å². The number of aromatic nitrogens is 2. The average molecular weight is 416 g/mol. The number of hydrogen-bond acceptors (Lipinski definition) is 2. The highest BCUT2D eigenvalue weighted by molar-refractivity contribution is 6.30. The summed E-state index contributed by atoms with van der Waals surface area (Å²) < 4.78 is 1.90. The highest BCUT2D eigenvalue weighted by atomic mass is 35.5. The number of carbonyl (C=O) groups is 1. The fourth-order valence-corrected chi connectivity index (χ4v) is 3.50. The van der Waals surface area contributed by atoms with E-state index in [0.717, 1.165) is 12.0 Å². The van der Waals surface area contributed by atoms with E-state index >= 15 is 0 Å². The molecule has 0 unspecified atom stereocenters. The summed E-state index contributed by atoms with van der Waals surface area (Å²) in [6.45, 7) is 2.66. The molecule has 1 heterocycles. The van der Waals surface area contributed by atoms with Crippen molar-refractivity contribution < 1.29 is 4.79 Å². The second-order valence-electron chi connectivity index (χ2n) is 6.90. The van der Waals surface area contributed by atoms with Crippen molar-refractivity contribution >= 4 is 29.1 Å². The monoisotopic (exact) mass is 415 g/mol. The third-order valence-corrected chi connectivity index (χ3v) is 5.32. The van der Waals surface area contributed by atoms with Crippen molar-refractivity contribution in [1.82, 2.24) is 14.9 Å². The highest BCUT2D eigenvalue weighted by Gasteiger charge is 2.21. The number of aryl methyl sites for hydroxylation is 1. The molecule has 4 nitrogen and oxygen atoms in total. The predicted octanol–water partition coefficient (Wildman–Crippen LogP) is 5.11. The maximum atomic E-state index is 12.5. The smallest absolute Gasteiger partial charge is 0.222 e. The lowest BCUT2D eigenvalue weighted by molar-refractivity contribution is -0.122. The van der Waals surface area contributed by atoms with Gasteiger partial charge >= 0.3 is 0 Å². The Bertz CT molecular complexity index is 877. The third-order valence-electron chi connectivity index (χ3n) is 4.82. The number of nitrogens with one attached hydrogen (secondary N) is 1. The Morgan fingerprint density at radius 2 is 1.71 bits per heavy atom. The van der Waals surface area contributed by atoms with E-state index in [1.807, 2.05) is 66.2 Å². The molecular weight excluding hydrogens is 393 g/mol. The summed E-state index contributed by atoms with van der Waals surface area (Å²) in [4.78, 5) is 16.5. The largest absolute Gasteiger partial charge is 0.353 e. The van der Waals surface area contributed by atoms with Gasteiger partial charge in [0.15, 0.2) is 0 Å². The van der Waals surface area contributed by atoms with Gasteiger partial charge in [-0.15, -0.1) is 0 Å². The van der Waals surface area contributed by atoms with Gasteiger partial charge in [-0.3, -0.25) is 4.79 Å². The van der Waals surface area contributed by atoms with Crippen LogP contribution in [-0.4, -0.2) is 21.5 Å². The lowest BCUT2D eigenvalue weighted by Crippen LogP contribution is -2.38. The predicted molar refractivity (Wildman–Crippen MR) is 114 cm³/mol. The van der Waals surface area contributed by atoms with Crippen LogP contribution in [0, 0.1) is 0 Å². The van der Waals surface area contributed by atoms with Crippen LogP contribution in [0.3, 0.4) is 0 Å². The van der Waals surface area contributed by atoms with Crippen molar-refractivity contribution in [2.45, 2.75) is 38.3 Å². The minimum atomic E-state index is -0.0351. The van der Waals surface area contributed by atoms with E-state index in [-0.39, 0.29) is 17.9 Å². The molecule has 28 heavy (non-hydrogen) atoms. The molecule has 3 rings (SSSR count). The van der Waals surface area contributed by atoms with Crippen LogP contribution in [0.25, 0.3) is 0 Å². The SMILES string of the molecule is C[C@@H](NC(=O)CCn1ccnc1)[C@H](Cc1ccc(Cl)cc1)c1ccc(Cl)cc1. The number of carbonyl (C=O) groups excluding carboxylic acids is 1. The van der Waals surface area contributed by atoms with Gasteiger partial charge in [0.05, 0.1) is 6.33 Å². The Morgan fingerprint density at radius 3 is 2.32 bits per heavy atom. The average Bonchev–Trinajstić information content (AvgIpc) is 3.20. The number of halogens is 2. The molecular formula is C22H23Cl2N3O. The number of imidazole rings is 1. The zero-order valence-corrected chi connectivity index (χ0v) is 17.2. The number of rotatable bonds is 8. The van der Waals surface area contributed by atoms with Gasteiger partial charge in [0, 0.05) is 47.4 Å². The zero-order valence-electron chi connectivity index (χ0n) is 15.7. The lowest BCUT2D eigenvalue weighted by atomic mass is 9.86. The fraction of sp³-hybridized carbons (Fsp3) is 0.273. The Balaban J connectivity index is 1.70. The molecule has 0 fully saturated rings. The van der Waals surface area contributed by atoms with E-state index < -0.39 is 0 Å². The van der Waals surface area contributed by atoms with Crippen LogP contribution in [0.4, 0.5) is 0 Å². The molecule has 0 radical (unpaired) electrons. The standard InChI is InChI=1S/C22H23Cl2N3O/c1-16(26-22(28)10-12-27-13-11-25-15-27)21(18-4-8-20(24)9-5-18)14-17-2-6-19(23)7-3-17/h2-9,11,13,15-16,21H,10,12,14H2,1H3,(H,26,28)/t16-,21+/m1/s1. The Kier molecular flexibility index (Phi) is 7.12. The summed E-state index contributed by atoms with van der Waals surface area (Å²) in [6, 6.07) is 15.6. The zero-order chi connectivity index (χ0) is 19.9. The minimum Gasteiger partial charge on any atom is -0.353 e. The molecule has 2 aromatic carbocycles. The second-order valence-corrected chi connectivity index (χ2v) is 7.77. The molecule has 0 saturated carbocycles. The van der Waals surface area contributed by atoms with Crippen molar-refractivity contribution in [3.63, 3.8) is 0 Å². The van der Waals surface area contributed by atoms with Gasteiger partial charge in [-0.05, 0) is 48.7 Å². The highest BCUT2D eigenvalue weighted by Crippen LogP contribution is 2.26. The van der Waals surface area contributed by atoms with Gasteiger partial charge in [-0.1, -0.05) is 47.5 Å². The van der Waals surface area contributed by atoms with Crippen LogP contribution in [0.2, 0.25) is 10.0 Å². The molecule has 6 heteroatoms. The van der Waals surface area contributed by atoms with E-state index in [2.05, 4.69) is 10.3 Å². The number of amides is 1. The molecule has 1 amide bonds. The van der Waals surface area contributed by atoms with Crippen molar-refractivity contribution in [3.05, 3.63) is 88.4 Å². The molecule has 0 saturated heterocycles. The first-order valence-electron chi connectivity index (χ1n) is 9.26. The second kappa shape index (κ2) is 9.76. The first-order chi connectivity index (χ1) is 13.5. The molecule has 1 N–H and O–H groups in total. The Hall–Kier alpha value is -2.30. The molecule has 0 aliphatic rings. The first-order valence-corrected chi connectivity index (χ1v) is 10.0. The molecule has 1 aromatic heterocycles. The van der Waals surface area contributed by atoms with Crippen LogP contribution in [0.1, 0.15) is 30.4 Å². The Morgan fingerprint density at radius 1 is 1.07 bits per heavy atom. The molecule has 3 aromatic rings. The summed E-state index contributed by atoms with van der Waals surface area (Å²) in [6.07, 6.45) is 6.49. The summed E-state index contributed by atoms with van der Waals surface area (Å²) >= 11 is 12.1. The molecule has 0 spiro atoms. The molecule has 2 atom stereocenters. The molecule has 0 bridgehead atoms. The van der Waals surface area contributed by atoms with Crippen molar-refractivity contribution in [2.75, 3.05) is 0 Å². The van der Waals surface area contributed by atoms with Gasteiger partial charge in [-0.2, -0.15) is 0 Å². The maximum absolute atomic E-state index is 12.5. The number of nitrogens with zero attached hydrogens (tertiary/aromatic N) is 2. The van der Waals surface area contributed by atoms with Crippen LogP contribution >= 0.6 is 23.2 Å². The van der Waals surface area contributed by atoms with Crippen LogP contribution in [-0.2, 0) is 17.8 Å². The fourth-order valence-electron chi connectivity index (χ4n) is 3.24. The van der Waals surface area contributed by atoms with Crippen molar-refractivity contribution in [1.29, 1.82) is 0 Å². The summed E-state index contributed by atoms with van der Waals surface area (Å²) in [5, 5.41) is 4.57. The van der Waals surface area contributed by atoms with Crippen LogP contribution < -0.4 is 5.32 Å². The molecule has 146 valence electrons. The summed E-state index contributed by atoms with van der Waals surface area (Å²) in [5.74, 6) is 0.145. The number of hydrogen-bond donors (Lipinski definition) is 1. The number of benzene rings is 2.